The summed E-state index contributed by atoms with van der Waals surface area (Å²) < 4.78 is 0. The molecule has 1 saturated carbocycles. The molecule has 0 aromatic heterocycles. The molecule has 1 aromatic rings. The van der Waals surface area contributed by atoms with Crippen LogP contribution in [-0.2, 0) is 0 Å². The normalized spacial score (nSPS) is 15.5. The van der Waals surface area contributed by atoms with Crippen molar-refractivity contribution >= 4 is 17.3 Å². The van der Waals surface area contributed by atoms with Crippen molar-refractivity contribution in [2.75, 3.05) is 17.6 Å². The fourth-order valence-electron chi connectivity index (χ4n) is 1.87. The Bertz CT molecular complexity index is 399. The number of hydrogen-bond donors (Lipinski definition) is 3. The Morgan fingerprint density at radius 3 is 2.75 bits per heavy atom. The first-order valence-corrected chi connectivity index (χ1v) is 5.60. The zero-order chi connectivity index (χ0) is 11.5. The van der Waals surface area contributed by atoms with E-state index in [1.807, 2.05) is 6.07 Å². The van der Waals surface area contributed by atoms with E-state index < -0.39 is 5.91 Å². The summed E-state index contributed by atoms with van der Waals surface area (Å²) in [6, 6.07) is 5.20. The van der Waals surface area contributed by atoms with Gasteiger partial charge < -0.3 is 16.8 Å². The maximum absolute atomic E-state index is 11.2. The van der Waals surface area contributed by atoms with E-state index in [2.05, 4.69) is 5.32 Å². The Morgan fingerprint density at radius 1 is 1.44 bits per heavy atom. The van der Waals surface area contributed by atoms with Crippen LogP contribution >= 0.6 is 0 Å². The second-order valence-corrected chi connectivity index (χ2v) is 4.35. The molecule has 0 bridgehead atoms. The lowest BCUT2D eigenvalue weighted by atomic mass is 9.85. The van der Waals surface area contributed by atoms with E-state index in [9.17, 15) is 4.79 Å². The first kappa shape index (κ1) is 10.8. The van der Waals surface area contributed by atoms with Gasteiger partial charge in [0.2, 0.25) is 0 Å². The van der Waals surface area contributed by atoms with Crippen molar-refractivity contribution < 1.29 is 4.79 Å². The Morgan fingerprint density at radius 2 is 2.19 bits per heavy atom. The Balaban J connectivity index is 2.08. The number of anilines is 2. The van der Waals surface area contributed by atoms with Crippen LogP contribution in [0.3, 0.4) is 0 Å². The van der Waals surface area contributed by atoms with Crippen molar-refractivity contribution in [3.63, 3.8) is 0 Å². The molecule has 4 heteroatoms. The third-order valence-electron chi connectivity index (χ3n) is 3.12. The molecule has 0 atom stereocenters. The van der Waals surface area contributed by atoms with Crippen molar-refractivity contribution in [1.82, 2.24) is 0 Å². The monoisotopic (exact) mass is 219 g/mol. The molecule has 0 radical (unpaired) electrons. The molecule has 0 spiro atoms. The predicted molar refractivity (Wildman–Crippen MR) is 65.2 cm³/mol. The minimum absolute atomic E-state index is 0.441. The molecule has 0 aliphatic heterocycles. The smallest absolute Gasteiger partial charge is 0.250 e. The topological polar surface area (TPSA) is 81.1 Å². The number of amides is 1. The third-order valence-corrected chi connectivity index (χ3v) is 3.12. The lowest BCUT2D eigenvalue weighted by Crippen LogP contribution is -2.22. The number of benzene rings is 1. The van der Waals surface area contributed by atoms with Gasteiger partial charge in [-0.3, -0.25) is 4.79 Å². The fourth-order valence-corrected chi connectivity index (χ4v) is 1.87. The van der Waals surface area contributed by atoms with Gasteiger partial charge in [-0.05, 0) is 37.0 Å². The molecule has 1 amide bonds. The summed E-state index contributed by atoms with van der Waals surface area (Å²) >= 11 is 0. The van der Waals surface area contributed by atoms with E-state index >= 15 is 0 Å². The number of nitrogens with two attached hydrogens (primary N) is 2. The van der Waals surface area contributed by atoms with Crippen molar-refractivity contribution in [1.29, 1.82) is 0 Å². The highest BCUT2D eigenvalue weighted by atomic mass is 16.1. The first-order valence-electron chi connectivity index (χ1n) is 5.60. The number of rotatable bonds is 4. The number of carbonyl (C=O) groups excluding carboxylic acids is 1. The number of hydrogen-bond acceptors (Lipinski definition) is 3. The number of nitrogens with one attached hydrogen (secondary N) is 1. The van der Waals surface area contributed by atoms with Crippen LogP contribution in [0.25, 0.3) is 0 Å². The van der Waals surface area contributed by atoms with Crippen molar-refractivity contribution in [3.8, 4) is 0 Å². The molecular weight excluding hydrogens is 202 g/mol. The molecule has 86 valence electrons. The van der Waals surface area contributed by atoms with Crippen LogP contribution in [0.15, 0.2) is 18.2 Å². The van der Waals surface area contributed by atoms with Crippen LogP contribution in [0.1, 0.15) is 29.6 Å². The molecule has 1 fully saturated rings. The van der Waals surface area contributed by atoms with Gasteiger partial charge in [-0.1, -0.05) is 6.42 Å². The van der Waals surface area contributed by atoms with E-state index in [0.717, 1.165) is 18.2 Å². The van der Waals surface area contributed by atoms with Gasteiger partial charge in [0.25, 0.3) is 5.91 Å². The van der Waals surface area contributed by atoms with E-state index in [-0.39, 0.29) is 0 Å². The van der Waals surface area contributed by atoms with Crippen molar-refractivity contribution in [2.45, 2.75) is 19.3 Å². The highest BCUT2D eigenvalue weighted by Gasteiger charge is 2.17. The van der Waals surface area contributed by atoms with Crippen molar-refractivity contribution in [2.24, 2.45) is 11.7 Å². The summed E-state index contributed by atoms with van der Waals surface area (Å²) in [5, 5.41) is 3.27. The SMILES string of the molecule is NC(=O)c1cc(N)ccc1NCC1CCC1. The minimum atomic E-state index is -0.441. The van der Waals surface area contributed by atoms with Crippen LogP contribution in [0, 0.1) is 5.92 Å². The molecule has 1 aliphatic carbocycles. The van der Waals surface area contributed by atoms with Gasteiger partial charge in [0.1, 0.15) is 0 Å². The largest absolute Gasteiger partial charge is 0.399 e. The molecule has 0 heterocycles. The average molecular weight is 219 g/mol. The zero-order valence-electron chi connectivity index (χ0n) is 9.20. The van der Waals surface area contributed by atoms with Crippen LogP contribution in [0.2, 0.25) is 0 Å². The molecular formula is C12H17N3O. The van der Waals surface area contributed by atoms with E-state index in [4.69, 9.17) is 11.5 Å². The van der Waals surface area contributed by atoms with Crippen LogP contribution in [0.5, 0.6) is 0 Å². The number of carbonyl (C=O) groups is 1. The van der Waals surface area contributed by atoms with Crippen molar-refractivity contribution in [3.05, 3.63) is 23.8 Å². The van der Waals surface area contributed by atoms with Crippen LogP contribution < -0.4 is 16.8 Å². The molecule has 2 rings (SSSR count). The standard InChI is InChI=1S/C12H17N3O/c13-9-4-5-11(10(6-9)12(14)16)15-7-8-2-1-3-8/h4-6,8,15H,1-3,7,13H2,(H2,14,16). The summed E-state index contributed by atoms with van der Waals surface area (Å²) in [5.74, 6) is 0.293. The Labute approximate surface area is 95.0 Å². The number of primary amides is 1. The van der Waals surface area contributed by atoms with Crippen LogP contribution in [0.4, 0.5) is 11.4 Å². The molecule has 1 aliphatic rings. The van der Waals surface area contributed by atoms with Gasteiger partial charge in [0.05, 0.1) is 5.56 Å². The Kier molecular flexibility index (Phi) is 2.99. The van der Waals surface area contributed by atoms with Gasteiger partial charge in [0, 0.05) is 17.9 Å². The second-order valence-electron chi connectivity index (χ2n) is 4.35. The minimum Gasteiger partial charge on any atom is -0.399 e. The van der Waals surface area contributed by atoms with Crippen LogP contribution in [-0.4, -0.2) is 12.5 Å². The van der Waals surface area contributed by atoms with Gasteiger partial charge >= 0.3 is 0 Å². The average Bonchev–Trinajstić information content (AvgIpc) is 2.17. The first-order chi connectivity index (χ1) is 7.66. The van der Waals surface area contributed by atoms with Gasteiger partial charge in [-0.2, -0.15) is 0 Å². The van der Waals surface area contributed by atoms with E-state index in [0.29, 0.717) is 11.3 Å². The van der Waals surface area contributed by atoms with E-state index in [1.165, 1.54) is 19.3 Å². The summed E-state index contributed by atoms with van der Waals surface area (Å²) in [5.41, 5.74) is 12.7. The maximum Gasteiger partial charge on any atom is 0.250 e. The summed E-state index contributed by atoms with van der Waals surface area (Å²) in [6.07, 6.45) is 3.86. The van der Waals surface area contributed by atoms with E-state index in [1.54, 1.807) is 12.1 Å². The molecule has 16 heavy (non-hydrogen) atoms. The van der Waals surface area contributed by atoms with Gasteiger partial charge in [-0.25, -0.2) is 0 Å². The highest BCUT2D eigenvalue weighted by molar-refractivity contribution is 5.99. The molecule has 5 N–H and O–H groups in total. The molecule has 0 saturated heterocycles. The second kappa shape index (κ2) is 4.43. The lowest BCUT2D eigenvalue weighted by Gasteiger charge is -2.26. The number of nitrogen functional groups attached to an aromatic ring is 1. The zero-order valence-corrected chi connectivity index (χ0v) is 9.20. The third kappa shape index (κ3) is 2.27. The maximum atomic E-state index is 11.2. The van der Waals surface area contributed by atoms with Gasteiger partial charge in [-0.15, -0.1) is 0 Å². The molecule has 0 unspecified atom stereocenters. The quantitative estimate of drug-likeness (QED) is 0.672. The summed E-state index contributed by atoms with van der Waals surface area (Å²) in [7, 11) is 0. The fraction of sp³-hybridized carbons (Fsp3) is 0.417. The summed E-state index contributed by atoms with van der Waals surface area (Å²) in [6.45, 7) is 0.907. The molecule has 1 aromatic carbocycles. The highest BCUT2D eigenvalue weighted by Crippen LogP contribution is 2.27. The Hall–Kier alpha value is -1.71. The lowest BCUT2D eigenvalue weighted by molar-refractivity contribution is 0.100. The predicted octanol–water partition coefficient (Wildman–Crippen LogP) is 1.58. The molecule has 4 nitrogen and oxygen atoms in total. The van der Waals surface area contributed by atoms with Gasteiger partial charge in [0.15, 0.2) is 0 Å². The summed E-state index contributed by atoms with van der Waals surface area (Å²) in [4.78, 5) is 11.2.